The van der Waals surface area contributed by atoms with Gasteiger partial charge in [-0.15, -0.1) is 0 Å². The summed E-state index contributed by atoms with van der Waals surface area (Å²) in [7, 11) is 0. The lowest BCUT2D eigenvalue weighted by Gasteiger charge is -2.34. The van der Waals surface area contributed by atoms with Gasteiger partial charge in [0.2, 0.25) is 0 Å². The lowest BCUT2D eigenvalue weighted by molar-refractivity contribution is 0.185. The normalized spacial score (nSPS) is 29.2. The average Bonchev–Trinajstić information content (AvgIpc) is 2.59. The van der Waals surface area contributed by atoms with Crippen molar-refractivity contribution >= 4 is 0 Å². The van der Waals surface area contributed by atoms with Crippen molar-refractivity contribution in [1.29, 1.82) is 0 Å². The van der Waals surface area contributed by atoms with Crippen LogP contribution in [0.3, 0.4) is 0 Å². The molecule has 2 rings (SSSR count). The van der Waals surface area contributed by atoms with Gasteiger partial charge >= 0.3 is 0 Å². The van der Waals surface area contributed by atoms with Crippen molar-refractivity contribution in [3.05, 3.63) is 0 Å². The summed E-state index contributed by atoms with van der Waals surface area (Å²) >= 11 is 0. The number of nitrogens with one attached hydrogen (secondary N) is 1. The largest absolute Gasteiger partial charge is 0.311 e. The SMILES string of the molecule is CCCCN1CCC(NC2CCCC(C)(C)CC2)CC1. The molecule has 2 fully saturated rings. The van der Waals surface area contributed by atoms with Crippen LogP contribution in [0, 0.1) is 5.41 Å². The molecule has 0 bridgehead atoms. The maximum atomic E-state index is 3.99. The monoisotopic (exact) mass is 280 g/mol. The van der Waals surface area contributed by atoms with Crippen LogP contribution in [0.4, 0.5) is 0 Å². The quantitative estimate of drug-likeness (QED) is 0.759. The van der Waals surface area contributed by atoms with Gasteiger partial charge in [0.25, 0.3) is 0 Å². The Balaban J connectivity index is 1.67. The minimum absolute atomic E-state index is 0.583. The minimum atomic E-state index is 0.583. The van der Waals surface area contributed by atoms with Crippen LogP contribution in [-0.2, 0) is 0 Å². The van der Waals surface area contributed by atoms with Gasteiger partial charge in [-0.25, -0.2) is 0 Å². The molecule has 1 unspecified atom stereocenters. The molecule has 2 nitrogen and oxygen atoms in total. The van der Waals surface area contributed by atoms with Crippen LogP contribution in [0.1, 0.15) is 78.6 Å². The van der Waals surface area contributed by atoms with E-state index in [1.165, 1.54) is 77.4 Å². The fourth-order valence-corrected chi connectivity index (χ4v) is 3.87. The number of rotatable bonds is 5. The van der Waals surface area contributed by atoms with Gasteiger partial charge in [-0.2, -0.15) is 0 Å². The van der Waals surface area contributed by atoms with E-state index < -0.39 is 0 Å². The van der Waals surface area contributed by atoms with Gasteiger partial charge in [0, 0.05) is 12.1 Å². The highest BCUT2D eigenvalue weighted by molar-refractivity contribution is 4.84. The topological polar surface area (TPSA) is 15.3 Å². The third-order valence-electron chi connectivity index (χ3n) is 5.46. The minimum Gasteiger partial charge on any atom is -0.311 e. The van der Waals surface area contributed by atoms with Crippen molar-refractivity contribution in [3.8, 4) is 0 Å². The molecule has 118 valence electrons. The smallest absolute Gasteiger partial charge is 0.00940 e. The Kier molecular flexibility index (Phi) is 6.35. The Morgan fingerprint density at radius 3 is 2.40 bits per heavy atom. The Bertz CT molecular complexity index is 267. The van der Waals surface area contributed by atoms with E-state index in [-0.39, 0.29) is 0 Å². The second kappa shape index (κ2) is 7.79. The van der Waals surface area contributed by atoms with Crippen LogP contribution in [0.15, 0.2) is 0 Å². The second-order valence-electron chi connectivity index (χ2n) is 7.93. The van der Waals surface area contributed by atoms with E-state index in [4.69, 9.17) is 0 Å². The molecule has 1 atom stereocenters. The van der Waals surface area contributed by atoms with E-state index in [1.54, 1.807) is 0 Å². The fourth-order valence-electron chi connectivity index (χ4n) is 3.87. The maximum Gasteiger partial charge on any atom is 0.00940 e. The molecule has 1 N–H and O–H groups in total. The van der Waals surface area contributed by atoms with Crippen LogP contribution >= 0.6 is 0 Å². The van der Waals surface area contributed by atoms with Gasteiger partial charge in [0.1, 0.15) is 0 Å². The molecular formula is C18H36N2. The van der Waals surface area contributed by atoms with Gasteiger partial charge in [-0.05, 0) is 70.0 Å². The van der Waals surface area contributed by atoms with E-state index in [0.717, 1.165) is 12.1 Å². The number of nitrogens with zero attached hydrogens (tertiary/aromatic N) is 1. The first-order valence-corrected chi connectivity index (χ1v) is 9.07. The lowest BCUT2D eigenvalue weighted by atomic mass is 9.85. The summed E-state index contributed by atoms with van der Waals surface area (Å²) in [5, 5.41) is 3.99. The van der Waals surface area contributed by atoms with E-state index in [9.17, 15) is 0 Å². The molecule has 1 saturated heterocycles. The summed E-state index contributed by atoms with van der Waals surface area (Å²) in [5.41, 5.74) is 0.583. The number of likely N-dealkylation sites (tertiary alicyclic amines) is 1. The first-order valence-electron chi connectivity index (χ1n) is 9.07. The van der Waals surface area contributed by atoms with Crippen LogP contribution in [0.2, 0.25) is 0 Å². The Morgan fingerprint density at radius 1 is 1.00 bits per heavy atom. The summed E-state index contributed by atoms with van der Waals surface area (Å²) in [6, 6.07) is 1.59. The highest BCUT2D eigenvalue weighted by atomic mass is 15.1. The summed E-state index contributed by atoms with van der Waals surface area (Å²) in [5.74, 6) is 0. The maximum absolute atomic E-state index is 3.99. The number of piperidine rings is 1. The molecule has 0 spiro atoms. The van der Waals surface area contributed by atoms with Crippen molar-refractivity contribution < 1.29 is 0 Å². The summed E-state index contributed by atoms with van der Waals surface area (Å²) in [4.78, 5) is 2.66. The van der Waals surface area contributed by atoms with Crippen molar-refractivity contribution in [2.45, 2.75) is 90.6 Å². The van der Waals surface area contributed by atoms with Crippen LogP contribution in [0.5, 0.6) is 0 Å². The summed E-state index contributed by atoms with van der Waals surface area (Å²) in [6.45, 7) is 11.1. The van der Waals surface area contributed by atoms with Crippen LogP contribution < -0.4 is 5.32 Å². The van der Waals surface area contributed by atoms with E-state index >= 15 is 0 Å². The highest BCUT2D eigenvalue weighted by Crippen LogP contribution is 2.34. The Hall–Kier alpha value is -0.0800. The third kappa shape index (κ3) is 5.37. The van der Waals surface area contributed by atoms with Gasteiger partial charge < -0.3 is 10.2 Å². The molecule has 1 heterocycles. The molecule has 0 aromatic carbocycles. The van der Waals surface area contributed by atoms with Crippen molar-refractivity contribution in [3.63, 3.8) is 0 Å². The fraction of sp³-hybridized carbons (Fsp3) is 1.00. The zero-order valence-corrected chi connectivity index (χ0v) is 14.1. The average molecular weight is 280 g/mol. The summed E-state index contributed by atoms with van der Waals surface area (Å²) in [6.07, 6.45) is 12.5. The molecule has 1 aliphatic heterocycles. The number of hydrogen-bond acceptors (Lipinski definition) is 2. The van der Waals surface area contributed by atoms with Crippen molar-refractivity contribution in [2.24, 2.45) is 5.41 Å². The van der Waals surface area contributed by atoms with Crippen molar-refractivity contribution in [2.75, 3.05) is 19.6 Å². The first-order chi connectivity index (χ1) is 9.59. The summed E-state index contributed by atoms with van der Waals surface area (Å²) < 4.78 is 0. The van der Waals surface area contributed by atoms with Gasteiger partial charge in [0.15, 0.2) is 0 Å². The molecule has 0 aromatic rings. The molecule has 1 saturated carbocycles. The molecule has 2 aliphatic rings. The predicted octanol–water partition coefficient (Wildman–Crippen LogP) is 4.20. The van der Waals surface area contributed by atoms with E-state index in [0.29, 0.717) is 5.41 Å². The molecule has 20 heavy (non-hydrogen) atoms. The Morgan fingerprint density at radius 2 is 1.70 bits per heavy atom. The lowest BCUT2D eigenvalue weighted by Crippen LogP contribution is -2.46. The van der Waals surface area contributed by atoms with E-state index in [2.05, 4.69) is 31.0 Å². The zero-order valence-electron chi connectivity index (χ0n) is 14.1. The standard InChI is InChI=1S/C18H36N2/c1-4-5-13-20-14-9-17(10-15-20)19-16-7-6-11-18(2,3)12-8-16/h16-17,19H,4-15H2,1-3H3. The third-order valence-corrected chi connectivity index (χ3v) is 5.46. The Labute approximate surface area is 126 Å². The molecule has 0 aromatic heterocycles. The molecular weight excluding hydrogens is 244 g/mol. The second-order valence-corrected chi connectivity index (χ2v) is 7.93. The molecule has 0 radical (unpaired) electrons. The first kappa shape index (κ1) is 16.3. The van der Waals surface area contributed by atoms with Crippen molar-refractivity contribution in [1.82, 2.24) is 10.2 Å². The van der Waals surface area contributed by atoms with Crippen LogP contribution in [0.25, 0.3) is 0 Å². The van der Waals surface area contributed by atoms with Crippen LogP contribution in [-0.4, -0.2) is 36.6 Å². The highest BCUT2D eigenvalue weighted by Gasteiger charge is 2.26. The van der Waals surface area contributed by atoms with Gasteiger partial charge in [0.05, 0.1) is 0 Å². The molecule has 0 amide bonds. The number of unbranched alkanes of at least 4 members (excludes halogenated alkanes) is 1. The van der Waals surface area contributed by atoms with Gasteiger partial charge in [-0.3, -0.25) is 0 Å². The van der Waals surface area contributed by atoms with E-state index in [1.807, 2.05) is 0 Å². The zero-order chi connectivity index (χ0) is 14.4. The predicted molar refractivity (Wildman–Crippen MR) is 88.2 cm³/mol. The van der Waals surface area contributed by atoms with Gasteiger partial charge in [-0.1, -0.05) is 33.6 Å². The molecule has 2 heteroatoms. The molecule has 1 aliphatic carbocycles. The number of hydrogen-bond donors (Lipinski definition) is 1.